The Kier molecular flexibility index (Phi) is 19.0. The molecule has 0 saturated carbocycles. The highest BCUT2D eigenvalue weighted by Gasteiger charge is 2.07. The Hall–Kier alpha value is -0.0400. The fourth-order valence-electron chi connectivity index (χ4n) is 3.42. The van der Waals surface area contributed by atoms with Crippen LogP contribution in [0.25, 0.3) is 0 Å². The fraction of sp³-hybridized carbons (Fsp3) is 1.00. The lowest BCUT2D eigenvalue weighted by Gasteiger charge is -2.16. The van der Waals surface area contributed by atoms with Crippen LogP contribution in [-0.2, 0) is 0 Å². The predicted octanol–water partition coefficient (Wildman–Crippen LogP) is 7.10. The van der Waals surface area contributed by atoms with Crippen LogP contribution in [0, 0.1) is 5.92 Å². The van der Waals surface area contributed by atoms with E-state index in [1.807, 2.05) is 0 Å². The number of rotatable bonds is 18. The Labute approximate surface area is 142 Å². The molecule has 0 bridgehead atoms. The molecule has 0 aliphatic heterocycles. The van der Waals surface area contributed by atoms with Crippen molar-refractivity contribution in [2.75, 3.05) is 13.6 Å². The zero-order chi connectivity index (χ0) is 16.3. The number of unbranched alkanes of at least 4 members (excludes halogenated alkanes) is 12. The number of hydrogen-bond donors (Lipinski definition) is 1. The van der Waals surface area contributed by atoms with E-state index >= 15 is 0 Å². The molecule has 0 aromatic carbocycles. The van der Waals surface area contributed by atoms with Gasteiger partial charge in [-0.1, -0.05) is 104 Å². The van der Waals surface area contributed by atoms with Gasteiger partial charge in [0.1, 0.15) is 0 Å². The lowest BCUT2D eigenvalue weighted by molar-refractivity contribution is 0.391. The molecule has 0 aliphatic carbocycles. The highest BCUT2D eigenvalue weighted by Crippen LogP contribution is 2.18. The van der Waals surface area contributed by atoms with E-state index in [1.54, 1.807) is 0 Å². The number of hydrogen-bond acceptors (Lipinski definition) is 1. The molecule has 0 fully saturated rings. The molecule has 1 unspecified atom stereocenters. The van der Waals surface area contributed by atoms with E-state index in [0.29, 0.717) is 0 Å². The minimum absolute atomic E-state index is 0.927. The summed E-state index contributed by atoms with van der Waals surface area (Å²) in [6.45, 7) is 5.82. The van der Waals surface area contributed by atoms with Gasteiger partial charge in [0, 0.05) is 0 Å². The van der Waals surface area contributed by atoms with Gasteiger partial charge in [0.15, 0.2) is 0 Å². The Morgan fingerprint density at radius 2 is 0.909 bits per heavy atom. The van der Waals surface area contributed by atoms with E-state index < -0.39 is 0 Å². The second-order valence-electron chi connectivity index (χ2n) is 7.24. The fourth-order valence-corrected chi connectivity index (χ4v) is 3.42. The van der Waals surface area contributed by atoms with Crippen molar-refractivity contribution in [1.82, 2.24) is 5.32 Å². The molecule has 0 rings (SSSR count). The van der Waals surface area contributed by atoms with E-state index in [4.69, 9.17) is 0 Å². The van der Waals surface area contributed by atoms with E-state index in [9.17, 15) is 0 Å². The first kappa shape index (κ1) is 22.0. The van der Waals surface area contributed by atoms with Gasteiger partial charge < -0.3 is 5.32 Å². The molecular weight excluding hydrogens is 266 g/mol. The van der Waals surface area contributed by atoms with Gasteiger partial charge in [-0.3, -0.25) is 0 Å². The second kappa shape index (κ2) is 19.0. The van der Waals surface area contributed by atoms with Crippen LogP contribution in [-0.4, -0.2) is 13.6 Å². The van der Waals surface area contributed by atoms with Crippen LogP contribution >= 0.6 is 0 Å². The van der Waals surface area contributed by atoms with Gasteiger partial charge in [0.05, 0.1) is 0 Å². The molecule has 0 radical (unpaired) electrons. The third-order valence-corrected chi connectivity index (χ3v) is 4.92. The van der Waals surface area contributed by atoms with Crippen molar-refractivity contribution in [3.05, 3.63) is 0 Å². The highest BCUT2D eigenvalue weighted by molar-refractivity contribution is 4.62. The SMILES string of the molecule is CCCCCCCCCCC(CCCCCCCC)CNC. The molecule has 0 aromatic rings. The summed E-state index contributed by atoms with van der Waals surface area (Å²) in [5.41, 5.74) is 0. The topological polar surface area (TPSA) is 12.0 Å². The highest BCUT2D eigenvalue weighted by atomic mass is 14.8. The van der Waals surface area contributed by atoms with Gasteiger partial charge in [-0.25, -0.2) is 0 Å². The molecule has 1 heteroatoms. The van der Waals surface area contributed by atoms with Crippen LogP contribution in [0.1, 0.15) is 117 Å². The maximum absolute atomic E-state index is 3.40. The van der Waals surface area contributed by atoms with E-state index in [1.165, 1.54) is 109 Å². The van der Waals surface area contributed by atoms with E-state index in [2.05, 4.69) is 26.2 Å². The molecule has 0 saturated heterocycles. The summed E-state index contributed by atoms with van der Waals surface area (Å²) in [5, 5.41) is 3.40. The maximum Gasteiger partial charge on any atom is -0.00235 e. The van der Waals surface area contributed by atoms with Gasteiger partial charge in [0.2, 0.25) is 0 Å². The maximum atomic E-state index is 3.40. The standard InChI is InChI=1S/C21H45N/c1-4-6-8-10-12-13-15-17-19-21(20-22-3)18-16-14-11-9-7-5-2/h21-22H,4-20H2,1-3H3. The largest absolute Gasteiger partial charge is 0.319 e. The third-order valence-electron chi connectivity index (χ3n) is 4.92. The van der Waals surface area contributed by atoms with Crippen molar-refractivity contribution in [1.29, 1.82) is 0 Å². The molecule has 134 valence electrons. The van der Waals surface area contributed by atoms with Gasteiger partial charge in [-0.2, -0.15) is 0 Å². The van der Waals surface area contributed by atoms with Crippen molar-refractivity contribution in [3.8, 4) is 0 Å². The van der Waals surface area contributed by atoms with E-state index in [-0.39, 0.29) is 0 Å². The second-order valence-corrected chi connectivity index (χ2v) is 7.24. The van der Waals surface area contributed by atoms with Gasteiger partial charge >= 0.3 is 0 Å². The average molecular weight is 312 g/mol. The van der Waals surface area contributed by atoms with Crippen molar-refractivity contribution >= 4 is 0 Å². The Bertz CT molecular complexity index is 190. The molecular formula is C21H45N. The normalized spacial score (nSPS) is 12.7. The Morgan fingerprint density at radius 1 is 0.545 bits per heavy atom. The first-order valence-corrected chi connectivity index (χ1v) is 10.5. The van der Waals surface area contributed by atoms with Crippen LogP contribution < -0.4 is 5.32 Å². The molecule has 1 nitrogen and oxygen atoms in total. The third kappa shape index (κ3) is 16.3. The van der Waals surface area contributed by atoms with Crippen LogP contribution in [0.3, 0.4) is 0 Å². The molecule has 0 spiro atoms. The summed E-state index contributed by atoms with van der Waals surface area (Å²) in [6, 6.07) is 0. The monoisotopic (exact) mass is 311 g/mol. The predicted molar refractivity (Wildman–Crippen MR) is 103 cm³/mol. The van der Waals surface area contributed by atoms with Crippen LogP contribution in [0.15, 0.2) is 0 Å². The average Bonchev–Trinajstić information content (AvgIpc) is 2.53. The Balaban J connectivity index is 3.43. The van der Waals surface area contributed by atoms with Crippen LogP contribution in [0.5, 0.6) is 0 Å². The molecule has 0 aromatic heterocycles. The van der Waals surface area contributed by atoms with Gasteiger partial charge in [-0.05, 0) is 32.4 Å². The van der Waals surface area contributed by atoms with Gasteiger partial charge in [-0.15, -0.1) is 0 Å². The summed E-state index contributed by atoms with van der Waals surface area (Å²) in [7, 11) is 2.11. The molecule has 22 heavy (non-hydrogen) atoms. The zero-order valence-corrected chi connectivity index (χ0v) is 16.1. The Morgan fingerprint density at radius 3 is 1.27 bits per heavy atom. The smallest absolute Gasteiger partial charge is 0.00235 e. The van der Waals surface area contributed by atoms with Crippen molar-refractivity contribution in [3.63, 3.8) is 0 Å². The number of nitrogens with one attached hydrogen (secondary N) is 1. The lowest BCUT2D eigenvalue weighted by Crippen LogP contribution is -2.18. The molecule has 0 heterocycles. The minimum Gasteiger partial charge on any atom is -0.319 e. The molecule has 1 N–H and O–H groups in total. The van der Waals surface area contributed by atoms with E-state index in [0.717, 1.165) is 5.92 Å². The molecule has 1 atom stereocenters. The summed E-state index contributed by atoms with van der Waals surface area (Å²) < 4.78 is 0. The molecule has 0 aliphatic rings. The van der Waals surface area contributed by atoms with Crippen molar-refractivity contribution in [2.45, 2.75) is 117 Å². The zero-order valence-electron chi connectivity index (χ0n) is 16.1. The summed E-state index contributed by atoms with van der Waals surface area (Å²) >= 11 is 0. The summed E-state index contributed by atoms with van der Waals surface area (Å²) in [6.07, 6.45) is 23.1. The van der Waals surface area contributed by atoms with Crippen molar-refractivity contribution in [2.24, 2.45) is 5.92 Å². The summed E-state index contributed by atoms with van der Waals surface area (Å²) in [5.74, 6) is 0.927. The van der Waals surface area contributed by atoms with Crippen LogP contribution in [0.4, 0.5) is 0 Å². The minimum atomic E-state index is 0.927. The quantitative estimate of drug-likeness (QED) is 0.266. The first-order valence-electron chi connectivity index (χ1n) is 10.5. The first-order chi connectivity index (χ1) is 10.8. The summed E-state index contributed by atoms with van der Waals surface area (Å²) in [4.78, 5) is 0. The van der Waals surface area contributed by atoms with Crippen molar-refractivity contribution < 1.29 is 0 Å². The van der Waals surface area contributed by atoms with Crippen LogP contribution in [0.2, 0.25) is 0 Å². The lowest BCUT2D eigenvalue weighted by atomic mass is 9.94. The molecule has 0 amide bonds. The van der Waals surface area contributed by atoms with Gasteiger partial charge in [0.25, 0.3) is 0 Å².